The summed E-state index contributed by atoms with van der Waals surface area (Å²) in [5.74, 6) is 0.485. The number of nitrogen functional groups attached to an aromatic ring is 1. The largest absolute Gasteiger partial charge is 0.494 e. The number of allylic oxidation sites excluding steroid dienone is 1. The van der Waals surface area contributed by atoms with Gasteiger partial charge < -0.3 is 16.2 Å². The van der Waals surface area contributed by atoms with Gasteiger partial charge in [0.1, 0.15) is 6.07 Å². The van der Waals surface area contributed by atoms with E-state index in [1.54, 1.807) is 24.4 Å². The maximum absolute atomic E-state index is 9.37. The monoisotopic (exact) mass is 298 g/mol. The van der Waals surface area contributed by atoms with Gasteiger partial charge in [0.15, 0.2) is 5.75 Å². The van der Waals surface area contributed by atoms with Gasteiger partial charge >= 0.3 is 0 Å². The molecule has 2 rings (SSSR count). The third-order valence-electron chi connectivity index (χ3n) is 3.94. The zero-order valence-corrected chi connectivity index (χ0v) is 12.9. The van der Waals surface area contributed by atoms with Crippen molar-refractivity contribution < 1.29 is 4.74 Å². The molecule has 0 unspecified atom stereocenters. The maximum Gasteiger partial charge on any atom is 0.151 e. The van der Waals surface area contributed by atoms with E-state index in [9.17, 15) is 5.26 Å². The van der Waals surface area contributed by atoms with Crippen LogP contribution in [-0.2, 0) is 0 Å². The molecule has 5 heteroatoms. The summed E-state index contributed by atoms with van der Waals surface area (Å²) in [6.07, 6.45) is 7.43. The third-order valence-corrected chi connectivity index (χ3v) is 3.94. The molecule has 1 aliphatic rings. The number of nitrogens with zero attached hydrogens (tertiary/aromatic N) is 2. The van der Waals surface area contributed by atoms with Gasteiger partial charge in [-0.25, -0.2) is 0 Å². The van der Waals surface area contributed by atoms with E-state index in [-0.39, 0.29) is 0 Å². The highest BCUT2D eigenvalue weighted by Crippen LogP contribution is 2.30. The molecule has 0 atom stereocenters. The minimum atomic E-state index is 0.299. The molecule has 0 heterocycles. The van der Waals surface area contributed by atoms with Crippen LogP contribution in [0.5, 0.6) is 5.75 Å². The summed E-state index contributed by atoms with van der Waals surface area (Å²) >= 11 is 0. The van der Waals surface area contributed by atoms with Gasteiger partial charge in [-0.05, 0) is 25.0 Å². The fourth-order valence-electron chi connectivity index (χ4n) is 2.71. The Balaban J connectivity index is 2.31. The van der Waals surface area contributed by atoms with E-state index in [1.807, 2.05) is 0 Å². The molecule has 1 fully saturated rings. The van der Waals surface area contributed by atoms with E-state index in [4.69, 9.17) is 16.2 Å². The highest BCUT2D eigenvalue weighted by Gasteiger charge is 2.14. The first-order chi connectivity index (χ1) is 10.7. The van der Waals surface area contributed by atoms with E-state index in [0.717, 1.165) is 12.8 Å². The van der Waals surface area contributed by atoms with Gasteiger partial charge in [-0.3, -0.25) is 4.99 Å². The number of aliphatic imine (C=N–C) groups is 1. The second-order valence-corrected chi connectivity index (χ2v) is 5.44. The highest BCUT2D eigenvalue weighted by atomic mass is 16.5. The highest BCUT2D eigenvalue weighted by molar-refractivity contribution is 5.96. The summed E-state index contributed by atoms with van der Waals surface area (Å²) in [6, 6.07) is 7.73. The Morgan fingerprint density at radius 1 is 1.36 bits per heavy atom. The quantitative estimate of drug-likeness (QED) is 0.507. The Bertz CT molecular complexity index is 622. The van der Waals surface area contributed by atoms with Crippen molar-refractivity contribution in [2.24, 2.45) is 10.7 Å². The van der Waals surface area contributed by atoms with E-state index in [1.165, 1.54) is 26.4 Å². The first kappa shape index (κ1) is 15.9. The van der Waals surface area contributed by atoms with Crippen LogP contribution in [0.15, 0.2) is 28.8 Å². The Morgan fingerprint density at radius 2 is 2.09 bits per heavy atom. The Kier molecular flexibility index (Phi) is 5.42. The molecule has 5 nitrogen and oxygen atoms in total. The zero-order chi connectivity index (χ0) is 15.9. The number of nitriles is 1. The summed E-state index contributed by atoms with van der Waals surface area (Å²) < 4.78 is 5.29. The van der Waals surface area contributed by atoms with E-state index >= 15 is 0 Å². The maximum atomic E-state index is 9.37. The number of hydrogen-bond donors (Lipinski definition) is 2. The fourth-order valence-corrected chi connectivity index (χ4v) is 2.71. The molecular formula is C17H22N4O. The van der Waals surface area contributed by atoms with Crippen LogP contribution in [0.25, 0.3) is 5.70 Å². The van der Waals surface area contributed by atoms with E-state index in [2.05, 4.69) is 11.1 Å². The normalized spacial score (nSPS) is 17.1. The lowest BCUT2D eigenvalue weighted by Crippen LogP contribution is -2.11. The van der Waals surface area contributed by atoms with Crippen LogP contribution in [0.2, 0.25) is 0 Å². The molecule has 0 aliphatic heterocycles. The first-order valence-electron chi connectivity index (χ1n) is 7.53. The van der Waals surface area contributed by atoms with Crippen molar-refractivity contribution in [2.75, 3.05) is 12.8 Å². The van der Waals surface area contributed by atoms with Crippen molar-refractivity contribution in [2.45, 2.75) is 38.1 Å². The lowest BCUT2D eigenvalue weighted by atomic mass is 9.96. The average molecular weight is 298 g/mol. The predicted molar refractivity (Wildman–Crippen MR) is 89.5 cm³/mol. The molecule has 0 aromatic heterocycles. The van der Waals surface area contributed by atoms with Crippen LogP contribution >= 0.6 is 0 Å². The molecule has 0 saturated heterocycles. The van der Waals surface area contributed by atoms with Crippen LogP contribution in [0, 0.1) is 11.3 Å². The van der Waals surface area contributed by atoms with Gasteiger partial charge in [0.2, 0.25) is 0 Å². The molecule has 1 aliphatic carbocycles. The van der Waals surface area contributed by atoms with Crippen LogP contribution in [0.4, 0.5) is 5.69 Å². The summed E-state index contributed by atoms with van der Waals surface area (Å²) in [4.78, 5) is 4.52. The van der Waals surface area contributed by atoms with Crippen LogP contribution in [-0.4, -0.2) is 19.4 Å². The number of para-hydroxylation sites is 1. The van der Waals surface area contributed by atoms with Crippen LogP contribution < -0.4 is 16.2 Å². The van der Waals surface area contributed by atoms with Gasteiger partial charge in [-0.2, -0.15) is 5.26 Å². The summed E-state index contributed by atoms with van der Waals surface area (Å²) in [7, 11) is 1.53. The zero-order valence-electron chi connectivity index (χ0n) is 12.9. The Labute approximate surface area is 131 Å². The number of rotatable bonds is 4. The number of nitrogens with two attached hydrogens (primary N) is 2. The summed E-state index contributed by atoms with van der Waals surface area (Å²) in [6.45, 7) is 0. The number of anilines is 1. The van der Waals surface area contributed by atoms with E-state index in [0.29, 0.717) is 34.3 Å². The topological polar surface area (TPSA) is 97.4 Å². The first-order valence-corrected chi connectivity index (χ1v) is 7.53. The van der Waals surface area contributed by atoms with Crippen LogP contribution in [0.3, 0.4) is 0 Å². The molecule has 22 heavy (non-hydrogen) atoms. The smallest absolute Gasteiger partial charge is 0.151 e. The average Bonchev–Trinajstić information content (AvgIpc) is 2.56. The summed E-state index contributed by atoms with van der Waals surface area (Å²) in [5.41, 5.74) is 13.8. The van der Waals surface area contributed by atoms with Crippen LogP contribution in [0.1, 0.15) is 37.7 Å². The number of methoxy groups -OCH3 is 1. The number of hydrogen-bond acceptors (Lipinski definition) is 5. The van der Waals surface area contributed by atoms with Gasteiger partial charge in [0, 0.05) is 17.8 Å². The molecule has 1 saturated carbocycles. The van der Waals surface area contributed by atoms with Crippen molar-refractivity contribution in [3.63, 3.8) is 0 Å². The van der Waals surface area contributed by atoms with Gasteiger partial charge in [-0.1, -0.05) is 25.3 Å². The van der Waals surface area contributed by atoms with Crippen molar-refractivity contribution >= 4 is 17.6 Å². The predicted octanol–water partition coefficient (Wildman–Crippen LogP) is 2.87. The van der Waals surface area contributed by atoms with Crippen molar-refractivity contribution in [3.8, 4) is 11.8 Å². The Hall–Kier alpha value is -2.48. The van der Waals surface area contributed by atoms with Gasteiger partial charge in [0.05, 0.1) is 24.1 Å². The minimum Gasteiger partial charge on any atom is -0.494 e. The number of ether oxygens (including phenoxy) is 1. The molecule has 116 valence electrons. The van der Waals surface area contributed by atoms with Crippen molar-refractivity contribution in [3.05, 3.63) is 29.3 Å². The third kappa shape index (κ3) is 3.59. The number of benzene rings is 1. The summed E-state index contributed by atoms with van der Waals surface area (Å²) in [5, 5.41) is 9.37. The SMILES string of the molecule is COc1c(N)cccc1C(N)=C(C#N)C=NC1CCCCC1. The van der Waals surface area contributed by atoms with Gasteiger partial charge in [0.25, 0.3) is 0 Å². The van der Waals surface area contributed by atoms with E-state index < -0.39 is 0 Å². The van der Waals surface area contributed by atoms with Gasteiger partial charge in [-0.15, -0.1) is 0 Å². The molecular weight excluding hydrogens is 276 g/mol. The minimum absolute atomic E-state index is 0.299. The molecule has 4 N–H and O–H groups in total. The molecule has 1 aromatic carbocycles. The fraction of sp³-hybridized carbons (Fsp3) is 0.412. The standard InChI is InChI=1S/C17H22N4O/c1-22-17-14(8-5-9-15(17)19)16(20)12(10-18)11-21-13-6-3-2-4-7-13/h5,8-9,11,13H,2-4,6-7,19-20H2,1H3. The lowest BCUT2D eigenvalue weighted by Gasteiger charge is -2.17. The lowest BCUT2D eigenvalue weighted by molar-refractivity contribution is 0.415. The molecule has 0 amide bonds. The molecule has 0 bridgehead atoms. The second kappa shape index (κ2) is 7.51. The molecule has 0 radical (unpaired) electrons. The molecule has 1 aromatic rings. The molecule has 0 spiro atoms. The second-order valence-electron chi connectivity index (χ2n) is 5.44. The Morgan fingerprint density at radius 3 is 2.73 bits per heavy atom. The van der Waals surface area contributed by atoms with Crippen molar-refractivity contribution in [1.82, 2.24) is 0 Å². The van der Waals surface area contributed by atoms with Crippen molar-refractivity contribution in [1.29, 1.82) is 5.26 Å².